The number of Topliss-reactive ketones (excluding diaryl/α,β-unsaturated/α-hetero) is 1. The molecule has 0 N–H and O–H groups in total. The molecule has 0 atom stereocenters. The van der Waals surface area contributed by atoms with Gasteiger partial charge in [-0.3, -0.25) is 14.0 Å². The summed E-state index contributed by atoms with van der Waals surface area (Å²) in [7, 11) is 0. The maximum Gasteiger partial charge on any atom is 0.264 e. The van der Waals surface area contributed by atoms with Crippen molar-refractivity contribution in [3.63, 3.8) is 0 Å². The van der Waals surface area contributed by atoms with Gasteiger partial charge in [0.25, 0.3) is 5.56 Å². The third-order valence-electron chi connectivity index (χ3n) is 7.87. The van der Waals surface area contributed by atoms with E-state index in [-0.39, 0.29) is 11.3 Å². The molecule has 0 saturated carbocycles. The first-order valence-electron chi connectivity index (χ1n) is 11.5. The fourth-order valence-electron chi connectivity index (χ4n) is 6.50. The van der Waals surface area contributed by atoms with Gasteiger partial charge in [0.2, 0.25) is 0 Å². The Balaban J connectivity index is 1.62. The molecule has 1 aliphatic carbocycles. The third-order valence-corrected chi connectivity index (χ3v) is 7.87. The lowest BCUT2D eigenvalue weighted by atomic mass is 9.86. The fraction of sp³-hybridized carbons (Fsp3) is 0.0333. The van der Waals surface area contributed by atoms with E-state index < -0.39 is 0 Å². The predicted octanol–water partition coefficient (Wildman–Crippen LogP) is 6.23. The first kappa shape index (κ1) is 17.0. The molecule has 9 rings (SSSR count). The molecule has 0 aliphatic heterocycles. The summed E-state index contributed by atoms with van der Waals surface area (Å²) in [4.78, 5) is 31.2. The van der Waals surface area contributed by atoms with Crippen molar-refractivity contribution in [1.29, 1.82) is 0 Å². The summed E-state index contributed by atoms with van der Waals surface area (Å²) in [6, 6.07) is 24.4. The van der Waals surface area contributed by atoms with E-state index in [0.717, 1.165) is 70.6 Å². The second kappa shape index (κ2) is 5.32. The Morgan fingerprint density at radius 1 is 0.618 bits per heavy atom. The number of pyridine rings is 1. The number of benzene rings is 6. The van der Waals surface area contributed by atoms with Crippen LogP contribution >= 0.6 is 0 Å². The molecule has 1 aliphatic rings. The summed E-state index contributed by atoms with van der Waals surface area (Å²) >= 11 is 0. The number of carbonyl (C=O) groups is 1. The van der Waals surface area contributed by atoms with E-state index in [1.165, 1.54) is 0 Å². The minimum atomic E-state index is -0.0370. The number of aromatic nitrogens is 2. The number of para-hydroxylation sites is 2. The van der Waals surface area contributed by atoms with E-state index >= 15 is 0 Å². The van der Waals surface area contributed by atoms with Crippen molar-refractivity contribution < 1.29 is 4.79 Å². The van der Waals surface area contributed by atoms with Crippen LogP contribution in [0.25, 0.3) is 70.5 Å². The van der Waals surface area contributed by atoms with Crippen molar-refractivity contribution in [1.82, 2.24) is 9.38 Å². The molecule has 0 saturated heterocycles. The second-order valence-corrected chi connectivity index (χ2v) is 9.42. The van der Waals surface area contributed by atoms with Gasteiger partial charge in [-0.15, -0.1) is 0 Å². The Labute approximate surface area is 191 Å². The van der Waals surface area contributed by atoms with Crippen molar-refractivity contribution in [3.8, 4) is 0 Å². The molecule has 0 bridgehead atoms. The van der Waals surface area contributed by atoms with E-state index in [2.05, 4.69) is 36.4 Å². The smallest absolute Gasteiger partial charge is 0.264 e. The van der Waals surface area contributed by atoms with Crippen LogP contribution in [0.2, 0.25) is 0 Å². The van der Waals surface area contributed by atoms with E-state index in [1.54, 1.807) is 4.40 Å². The lowest BCUT2D eigenvalue weighted by molar-refractivity contribution is 0.1000. The zero-order valence-electron chi connectivity index (χ0n) is 17.8. The minimum absolute atomic E-state index is 0.0370. The molecule has 4 nitrogen and oxygen atoms in total. The quantitative estimate of drug-likeness (QED) is 0.210. The summed E-state index contributed by atoms with van der Waals surface area (Å²) in [6.07, 6.45) is 0.473. The van der Waals surface area contributed by atoms with Gasteiger partial charge in [0, 0.05) is 28.1 Å². The van der Waals surface area contributed by atoms with Gasteiger partial charge in [0.15, 0.2) is 5.78 Å². The molecule has 156 valence electrons. The molecule has 0 fully saturated rings. The maximum absolute atomic E-state index is 13.8. The van der Waals surface area contributed by atoms with Gasteiger partial charge in [-0.2, -0.15) is 0 Å². The molecule has 0 spiro atoms. The molecule has 4 heteroatoms. The summed E-state index contributed by atoms with van der Waals surface area (Å²) in [6.45, 7) is 0. The average Bonchev–Trinajstić information content (AvgIpc) is 3.42. The Hall–Kier alpha value is -4.57. The zero-order chi connectivity index (χ0) is 22.3. The predicted molar refractivity (Wildman–Crippen MR) is 137 cm³/mol. The Morgan fingerprint density at radius 2 is 1.24 bits per heavy atom. The van der Waals surface area contributed by atoms with E-state index in [4.69, 9.17) is 4.98 Å². The Bertz CT molecular complexity index is 2270. The van der Waals surface area contributed by atoms with Crippen LogP contribution in [0.3, 0.4) is 0 Å². The van der Waals surface area contributed by atoms with Crippen molar-refractivity contribution in [2.24, 2.45) is 0 Å². The summed E-state index contributed by atoms with van der Waals surface area (Å²) in [5.41, 5.74) is 4.26. The molecule has 2 heterocycles. The molecule has 8 aromatic rings. The van der Waals surface area contributed by atoms with Crippen molar-refractivity contribution >= 4 is 76.3 Å². The number of ketones is 1. The monoisotopic (exact) mass is 434 g/mol. The number of hydrogen-bond acceptors (Lipinski definition) is 3. The lowest BCUT2D eigenvalue weighted by Gasteiger charge is -2.17. The van der Waals surface area contributed by atoms with Crippen molar-refractivity contribution in [2.75, 3.05) is 0 Å². The zero-order valence-corrected chi connectivity index (χ0v) is 17.8. The van der Waals surface area contributed by atoms with Crippen LogP contribution in [0, 0.1) is 0 Å². The maximum atomic E-state index is 13.8. The fourth-order valence-corrected chi connectivity index (χ4v) is 6.50. The largest absolute Gasteiger partial charge is 0.294 e. The third kappa shape index (κ3) is 1.69. The SMILES string of the molecule is O=C1Cc2ccc3c4ccc5c(=O)n6c7ccccc7nc6c6ccc(c7ccc1c2c37)c4c56. The van der Waals surface area contributed by atoms with Crippen LogP contribution in [0.4, 0.5) is 0 Å². The van der Waals surface area contributed by atoms with E-state index in [1.807, 2.05) is 36.4 Å². The average molecular weight is 434 g/mol. The minimum Gasteiger partial charge on any atom is -0.294 e. The number of hydrogen-bond donors (Lipinski definition) is 0. The van der Waals surface area contributed by atoms with Crippen LogP contribution in [0.1, 0.15) is 15.9 Å². The van der Waals surface area contributed by atoms with Crippen LogP contribution in [-0.4, -0.2) is 15.2 Å². The highest BCUT2D eigenvalue weighted by Crippen LogP contribution is 2.46. The van der Waals surface area contributed by atoms with Gasteiger partial charge in [-0.05, 0) is 67.5 Å². The Morgan fingerprint density at radius 3 is 2.06 bits per heavy atom. The summed E-state index contributed by atoms with van der Waals surface area (Å²) in [5, 5.41) is 10.5. The number of fused-ring (bicyclic) bond motifs is 6. The first-order valence-corrected chi connectivity index (χ1v) is 11.5. The number of rotatable bonds is 0. The molecule has 0 radical (unpaired) electrons. The number of carbonyl (C=O) groups excluding carboxylic acids is 1. The van der Waals surface area contributed by atoms with Gasteiger partial charge in [0.05, 0.1) is 11.0 Å². The number of nitrogens with zero attached hydrogens (tertiary/aromatic N) is 2. The lowest BCUT2D eigenvalue weighted by Crippen LogP contribution is -2.13. The van der Waals surface area contributed by atoms with Gasteiger partial charge in [0.1, 0.15) is 5.65 Å². The number of imidazole rings is 1. The molecule has 34 heavy (non-hydrogen) atoms. The van der Waals surface area contributed by atoms with Gasteiger partial charge in [-0.1, -0.05) is 48.5 Å². The van der Waals surface area contributed by atoms with Crippen LogP contribution in [0.15, 0.2) is 77.6 Å². The van der Waals surface area contributed by atoms with Gasteiger partial charge >= 0.3 is 0 Å². The normalized spacial score (nSPS) is 13.9. The highest BCUT2D eigenvalue weighted by atomic mass is 16.1. The van der Waals surface area contributed by atoms with Crippen LogP contribution < -0.4 is 5.56 Å². The van der Waals surface area contributed by atoms with Gasteiger partial charge < -0.3 is 0 Å². The van der Waals surface area contributed by atoms with E-state index in [9.17, 15) is 9.59 Å². The van der Waals surface area contributed by atoms with Crippen LogP contribution in [0.5, 0.6) is 0 Å². The molecule has 2 aromatic heterocycles. The van der Waals surface area contributed by atoms with Crippen molar-refractivity contribution in [3.05, 3.63) is 94.3 Å². The van der Waals surface area contributed by atoms with Gasteiger partial charge in [-0.25, -0.2) is 4.98 Å². The Kier molecular flexibility index (Phi) is 2.65. The standard InChI is InChI=1S/C30H14N2O2/c33-24-13-14-5-6-15-18-9-12-21-28-20(29-31-22-3-1-2-4-23(22)32(29)30(21)34)11-8-17(27(18)28)16-7-10-19(24)25(14)26(15)16/h1-12H,13H2. The molecular weight excluding hydrogens is 420 g/mol. The molecule has 6 aromatic carbocycles. The highest BCUT2D eigenvalue weighted by Gasteiger charge is 2.26. The summed E-state index contributed by atoms with van der Waals surface area (Å²) < 4.78 is 1.75. The highest BCUT2D eigenvalue weighted by molar-refractivity contribution is 6.39. The molecule has 0 amide bonds. The molecular formula is C30H14N2O2. The summed E-state index contributed by atoms with van der Waals surface area (Å²) in [5.74, 6) is 0.194. The molecule has 0 unspecified atom stereocenters. The first-order chi connectivity index (χ1) is 16.7. The van der Waals surface area contributed by atoms with Crippen LogP contribution in [-0.2, 0) is 6.42 Å². The van der Waals surface area contributed by atoms with E-state index in [0.29, 0.717) is 17.5 Å². The van der Waals surface area contributed by atoms with Crippen molar-refractivity contribution in [2.45, 2.75) is 6.42 Å². The topological polar surface area (TPSA) is 51.4 Å². The second-order valence-electron chi connectivity index (χ2n) is 9.42.